The van der Waals surface area contributed by atoms with Crippen molar-refractivity contribution in [2.24, 2.45) is 0 Å². The molecule has 0 aliphatic carbocycles. The first-order valence-corrected chi connectivity index (χ1v) is 5.28. The molecule has 3 nitrogen and oxygen atoms in total. The highest BCUT2D eigenvalue weighted by Gasteiger charge is 2.06. The van der Waals surface area contributed by atoms with Crippen molar-refractivity contribution in [3.63, 3.8) is 0 Å². The van der Waals surface area contributed by atoms with Crippen LogP contribution in [0.2, 0.25) is 0 Å². The third-order valence-electron chi connectivity index (χ3n) is 2.52. The molecule has 0 fully saturated rings. The molecule has 0 spiro atoms. The summed E-state index contributed by atoms with van der Waals surface area (Å²) in [4.78, 5) is 13.1. The molecule has 1 amide bonds. The molecule has 0 saturated heterocycles. The molecule has 0 aromatic heterocycles. The number of hydrogen-bond acceptors (Lipinski definition) is 2. The summed E-state index contributed by atoms with van der Waals surface area (Å²) in [5.74, 6) is -0.244. The lowest BCUT2D eigenvalue weighted by atomic mass is 10.2. The van der Waals surface area contributed by atoms with Crippen molar-refractivity contribution in [1.82, 2.24) is 4.90 Å². The molecule has 0 saturated carbocycles. The van der Waals surface area contributed by atoms with Crippen LogP contribution >= 0.6 is 0 Å². The van der Waals surface area contributed by atoms with E-state index in [4.69, 9.17) is 0 Å². The number of amides is 1. The lowest BCUT2D eigenvalue weighted by Gasteiger charge is -2.16. The zero-order valence-corrected chi connectivity index (χ0v) is 9.88. The van der Waals surface area contributed by atoms with Crippen molar-refractivity contribution in [3.8, 4) is 0 Å². The van der Waals surface area contributed by atoms with Crippen LogP contribution in [0.1, 0.15) is 12.5 Å². The van der Waals surface area contributed by atoms with E-state index in [-0.39, 0.29) is 18.3 Å². The predicted octanol–water partition coefficient (Wildman–Crippen LogP) is 2.02. The van der Waals surface area contributed by atoms with Crippen LogP contribution in [0.25, 0.3) is 0 Å². The molecule has 16 heavy (non-hydrogen) atoms. The third kappa shape index (κ3) is 3.22. The first kappa shape index (κ1) is 12.5. The molecule has 0 atom stereocenters. The van der Waals surface area contributed by atoms with Gasteiger partial charge in [-0.1, -0.05) is 0 Å². The van der Waals surface area contributed by atoms with Crippen molar-refractivity contribution in [2.45, 2.75) is 13.8 Å². The molecule has 0 radical (unpaired) electrons. The molecular formula is C12H17FN2O. The SMILES string of the molecule is CCN(C)C(=O)CNc1ccc(F)cc1C. The van der Waals surface area contributed by atoms with Gasteiger partial charge in [-0.15, -0.1) is 0 Å². The highest BCUT2D eigenvalue weighted by atomic mass is 19.1. The highest BCUT2D eigenvalue weighted by molar-refractivity contribution is 5.80. The van der Waals surface area contributed by atoms with Crippen LogP contribution in [0.5, 0.6) is 0 Å². The smallest absolute Gasteiger partial charge is 0.241 e. The van der Waals surface area contributed by atoms with Crippen LogP contribution in [0.3, 0.4) is 0 Å². The van der Waals surface area contributed by atoms with Crippen LogP contribution in [0.15, 0.2) is 18.2 Å². The quantitative estimate of drug-likeness (QED) is 0.848. The first-order chi connectivity index (χ1) is 7.54. The summed E-state index contributed by atoms with van der Waals surface area (Å²) in [7, 11) is 1.75. The Morgan fingerprint density at radius 1 is 1.50 bits per heavy atom. The van der Waals surface area contributed by atoms with Gasteiger partial charge in [-0.3, -0.25) is 4.79 Å². The zero-order valence-electron chi connectivity index (χ0n) is 9.88. The van der Waals surface area contributed by atoms with Crippen molar-refractivity contribution in [1.29, 1.82) is 0 Å². The average molecular weight is 224 g/mol. The Hall–Kier alpha value is -1.58. The first-order valence-electron chi connectivity index (χ1n) is 5.28. The van der Waals surface area contributed by atoms with Gasteiger partial charge >= 0.3 is 0 Å². The fraction of sp³-hybridized carbons (Fsp3) is 0.417. The van der Waals surface area contributed by atoms with Gasteiger partial charge in [-0.05, 0) is 37.6 Å². The third-order valence-corrected chi connectivity index (χ3v) is 2.52. The summed E-state index contributed by atoms with van der Waals surface area (Å²) in [5.41, 5.74) is 1.59. The van der Waals surface area contributed by atoms with Gasteiger partial charge in [0.25, 0.3) is 0 Å². The summed E-state index contributed by atoms with van der Waals surface area (Å²) in [6, 6.07) is 4.46. The maximum Gasteiger partial charge on any atom is 0.241 e. The summed E-state index contributed by atoms with van der Waals surface area (Å²) in [6.07, 6.45) is 0. The molecule has 1 N–H and O–H groups in total. The van der Waals surface area contributed by atoms with Crippen molar-refractivity contribution >= 4 is 11.6 Å². The molecule has 0 aliphatic rings. The molecule has 4 heteroatoms. The van der Waals surface area contributed by atoms with E-state index in [0.29, 0.717) is 6.54 Å². The minimum absolute atomic E-state index is 0.0197. The minimum Gasteiger partial charge on any atom is -0.376 e. The van der Waals surface area contributed by atoms with Gasteiger partial charge in [-0.2, -0.15) is 0 Å². The lowest BCUT2D eigenvalue weighted by Crippen LogP contribution is -2.31. The largest absolute Gasteiger partial charge is 0.376 e. The van der Waals surface area contributed by atoms with E-state index in [1.807, 2.05) is 6.92 Å². The Balaban J connectivity index is 2.58. The van der Waals surface area contributed by atoms with E-state index in [2.05, 4.69) is 5.32 Å². The Bertz CT molecular complexity index is 379. The molecular weight excluding hydrogens is 207 g/mol. The second kappa shape index (κ2) is 5.49. The van der Waals surface area contributed by atoms with Crippen molar-refractivity contribution in [2.75, 3.05) is 25.5 Å². The molecule has 0 unspecified atom stereocenters. The van der Waals surface area contributed by atoms with Gasteiger partial charge in [0.1, 0.15) is 5.82 Å². The molecule has 1 aromatic carbocycles. The van der Waals surface area contributed by atoms with Gasteiger partial charge < -0.3 is 10.2 Å². The normalized spacial score (nSPS) is 10.0. The number of carbonyl (C=O) groups excluding carboxylic acids is 1. The standard InChI is InChI=1S/C12H17FN2O/c1-4-15(3)12(16)8-14-11-6-5-10(13)7-9(11)2/h5-7,14H,4,8H2,1-3H3. The van der Waals surface area contributed by atoms with E-state index < -0.39 is 0 Å². The van der Waals surface area contributed by atoms with E-state index in [9.17, 15) is 9.18 Å². The molecule has 1 aromatic rings. The van der Waals surface area contributed by atoms with Gasteiger partial charge in [0.2, 0.25) is 5.91 Å². The molecule has 0 bridgehead atoms. The van der Waals surface area contributed by atoms with Crippen LogP contribution < -0.4 is 5.32 Å². The Morgan fingerprint density at radius 2 is 2.19 bits per heavy atom. The second-order valence-electron chi connectivity index (χ2n) is 3.72. The Labute approximate surface area is 95.3 Å². The number of anilines is 1. The molecule has 0 heterocycles. The van der Waals surface area contributed by atoms with Crippen LogP contribution in [0.4, 0.5) is 10.1 Å². The van der Waals surface area contributed by atoms with Crippen molar-refractivity contribution in [3.05, 3.63) is 29.6 Å². The molecule has 88 valence electrons. The van der Waals surface area contributed by atoms with Gasteiger partial charge in [0.15, 0.2) is 0 Å². The topological polar surface area (TPSA) is 32.3 Å². The number of nitrogens with one attached hydrogen (secondary N) is 1. The summed E-state index contributed by atoms with van der Waals surface area (Å²) >= 11 is 0. The maximum absolute atomic E-state index is 12.8. The fourth-order valence-corrected chi connectivity index (χ4v) is 1.31. The number of aryl methyl sites for hydroxylation is 1. The second-order valence-corrected chi connectivity index (χ2v) is 3.72. The predicted molar refractivity (Wildman–Crippen MR) is 62.9 cm³/mol. The number of benzene rings is 1. The number of halogens is 1. The van der Waals surface area contributed by atoms with E-state index in [0.717, 1.165) is 11.3 Å². The van der Waals surface area contributed by atoms with E-state index in [1.165, 1.54) is 12.1 Å². The van der Waals surface area contributed by atoms with Crippen LogP contribution in [-0.4, -0.2) is 30.9 Å². The number of rotatable bonds is 4. The zero-order chi connectivity index (χ0) is 12.1. The monoisotopic (exact) mass is 224 g/mol. The summed E-state index contributed by atoms with van der Waals surface area (Å²) in [5, 5.41) is 3.00. The van der Waals surface area contributed by atoms with Gasteiger partial charge in [-0.25, -0.2) is 4.39 Å². The van der Waals surface area contributed by atoms with E-state index >= 15 is 0 Å². The van der Waals surface area contributed by atoms with Gasteiger partial charge in [0.05, 0.1) is 6.54 Å². The summed E-state index contributed by atoms with van der Waals surface area (Å²) < 4.78 is 12.8. The maximum atomic E-state index is 12.8. The highest BCUT2D eigenvalue weighted by Crippen LogP contribution is 2.15. The van der Waals surface area contributed by atoms with Gasteiger partial charge in [0, 0.05) is 19.3 Å². The number of nitrogens with zero attached hydrogens (tertiary/aromatic N) is 1. The fourth-order valence-electron chi connectivity index (χ4n) is 1.31. The van der Waals surface area contributed by atoms with E-state index in [1.54, 1.807) is 24.9 Å². The van der Waals surface area contributed by atoms with Crippen LogP contribution in [-0.2, 0) is 4.79 Å². The Morgan fingerprint density at radius 3 is 2.75 bits per heavy atom. The number of carbonyl (C=O) groups is 1. The molecule has 0 aliphatic heterocycles. The average Bonchev–Trinajstić information content (AvgIpc) is 2.26. The number of hydrogen-bond donors (Lipinski definition) is 1. The Kier molecular flexibility index (Phi) is 4.28. The minimum atomic E-state index is -0.264. The van der Waals surface area contributed by atoms with Crippen molar-refractivity contribution < 1.29 is 9.18 Å². The van der Waals surface area contributed by atoms with Crippen LogP contribution in [0, 0.1) is 12.7 Å². The lowest BCUT2D eigenvalue weighted by molar-refractivity contribution is -0.127. The summed E-state index contributed by atoms with van der Waals surface area (Å²) in [6.45, 7) is 4.64. The molecule has 1 rings (SSSR count). The number of likely N-dealkylation sites (N-methyl/N-ethyl adjacent to an activating group) is 1.